The number of alkyl carbamates (subject to hydrolysis) is 1. The van der Waals surface area contributed by atoms with Crippen LogP contribution < -0.4 is 5.32 Å². The average molecular weight is 198 g/mol. The molecule has 1 N–H and O–H groups in total. The van der Waals surface area contributed by atoms with Crippen molar-refractivity contribution in [1.29, 1.82) is 0 Å². The first-order valence-corrected chi connectivity index (χ1v) is 4.47. The van der Waals surface area contributed by atoms with Crippen molar-refractivity contribution in [3.8, 4) is 0 Å². The zero-order valence-corrected chi connectivity index (χ0v) is 8.30. The van der Waals surface area contributed by atoms with Crippen molar-refractivity contribution in [3.63, 3.8) is 0 Å². The van der Waals surface area contributed by atoms with Gasteiger partial charge in [-0.05, 0) is 13.8 Å². The molecule has 0 aromatic carbocycles. The van der Waals surface area contributed by atoms with Gasteiger partial charge in [0.15, 0.2) is 0 Å². The maximum Gasteiger partial charge on any atom is 0.407 e. The molecule has 1 aromatic heterocycles. The maximum atomic E-state index is 11.0. The van der Waals surface area contributed by atoms with Gasteiger partial charge in [-0.2, -0.15) is 0 Å². The first-order chi connectivity index (χ1) is 6.68. The largest absolute Gasteiger partial charge is 0.447 e. The summed E-state index contributed by atoms with van der Waals surface area (Å²) >= 11 is 0. The summed E-state index contributed by atoms with van der Waals surface area (Å²) in [5.74, 6) is 0. The number of aromatic nitrogens is 3. The fourth-order valence-electron chi connectivity index (χ4n) is 0.880. The van der Waals surface area contributed by atoms with Crippen LogP contribution in [0, 0.1) is 0 Å². The monoisotopic (exact) mass is 198 g/mol. The number of rotatable bonds is 4. The van der Waals surface area contributed by atoms with E-state index in [2.05, 4.69) is 15.6 Å². The van der Waals surface area contributed by atoms with E-state index < -0.39 is 6.09 Å². The lowest BCUT2D eigenvalue weighted by atomic mass is 10.5. The smallest absolute Gasteiger partial charge is 0.407 e. The molecule has 0 aliphatic carbocycles. The van der Waals surface area contributed by atoms with Crippen LogP contribution in [0.1, 0.15) is 13.8 Å². The molecule has 0 saturated heterocycles. The molecular weight excluding hydrogens is 184 g/mol. The van der Waals surface area contributed by atoms with Crippen LogP contribution in [0.4, 0.5) is 4.79 Å². The first kappa shape index (κ1) is 10.5. The van der Waals surface area contributed by atoms with E-state index in [9.17, 15) is 4.79 Å². The van der Waals surface area contributed by atoms with Gasteiger partial charge in [-0.3, -0.25) is 4.68 Å². The van der Waals surface area contributed by atoms with Crippen molar-refractivity contribution in [2.45, 2.75) is 26.5 Å². The zero-order valence-electron chi connectivity index (χ0n) is 8.30. The Morgan fingerprint density at radius 3 is 3.00 bits per heavy atom. The normalized spacial score (nSPS) is 10.2. The van der Waals surface area contributed by atoms with E-state index in [-0.39, 0.29) is 6.10 Å². The molecule has 0 radical (unpaired) electrons. The highest BCUT2D eigenvalue weighted by atomic mass is 16.6. The lowest BCUT2D eigenvalue weighted by molar-refractivity contribution is 0.115. The van der Waals surface area contributed by atoms with Gasteiger partial charge in [0.25, 0.3) is 0 Å². The lowest BCUT2D eigenvalue weighted by Crippen LogP contribution is -2.29. The number of nitrogens with zero attached hydrogens (tertiary/aromatic N) is 3. The van der Waals surface area contributed by atoms with Gasteiger partial charge in [0.1, 0.15) is 0 Å². The molecule has 0 spiro atoms. The topological polar surface area (TPSA) is 69.0 Å². The third-order valence-corrected chi connectivity index (χ3v) is 1.42. The first-order valence-electron chi connectivity index (χ1n) is 4.47. The van der Waals surface area contributed by atoms with E-state index in [0.29, 0.717) is 13.1 Å². The van der Waals surface area contributed by atoms with Gasteiger partial charge in [-0.25, -0.2) is 4.79 Å². The molecule has 1 amide bonds. The van der Waals surface area contributed by atoms with Crippen LogP contribution in [0.2, 0.25) is 0 Å². The maximum absolute atomic E-state index is 11.0. The van der Waals surface area contributed by atoms with Gasteiger partial charge < -0.3 is 10.1 Å². The number of carbonyl (C=O) groups is 1. The molecule has 1 rings (SSSR count). The third-order valence-electron chi connectivity index (χ3n) is 1.42. The fraction of sp³-hybridized carbons (Fsp3) is 0.625. The molecule has 14 heavy (non-hydrogen) atoms. The molecule has 0 bridgehead atoms. The number of ether oxygens (including phenoxy) is 1. The van der Waals surface area contributed by atoms with E-state index in [4.69, 9.17) is 4.74 Å². The number of carbonyl (C=O) groups excluding carboxylic acids is 1. The molecule has 0 aliphatic heterocycles. The van der Waals surface area contributed by atoms with E-state index in [1.54, 1.807) is 30.9 Å². The van der Waals surface area contributed by atoms with Crippen LogP contribution in [0.5, 0.6) is 0 Å². The SMILES string of the molecule is CC(C)OC(=O)NCCn1ccnn1. The highest BCUT2D eigenvalue weighted by Gasteiger charge is 2.03. The van der Waals surface area contributed by atoms with E-state index in [1.807, 2.05) is 0 Å². The predicted molar refractivity (Wildman–Crippen MR) is 49.6 cm³/mol. The minimum absolute atomic E-state index is 0.0960. The number of amides is 1. The Kier molecular flexibility index (Phi) is 3.90. The van der Waals surface area contributed by atoms with Gasteiger partial charge >= 0.3 is 6.09 Å². The number of nitrogens with one attached hydrogen (secondary N) is 1. The molecule has 0 aliphatic rings. The minimum Gasteiger partial charge on any atom is -0.447 e. The Balaban J connectivity index is 2.12. The van der Waals surface area contributed by atoms with Crippen molar-refractivity contribution in [3.05, 3.63) is 12.4 Å². The number of hydrogen-bond acceptors (Lipinski definition) is 4. The van der Waals surface area contributed by atoms with Gasteiger partial charge in [-0.1, -0.05) is 5.21 Å². The third kappa shape index (κ3) is 3.88. The molecule has 1 aromatic rings. The molecule has 6 nitrogen and oxygen atoms in total. The van der Waals surface area contributed by atoms with E-state index in [1.165, 1.54) is 0 Å². The van der Waals surface area contributed by atoms with Gasteiger partial charge in [0.05, 0.1) is 18.8 Å². The standard InChI is InChI=1S/C8H14N4O2/c1-7(2)14-8(13)9-3-5-12-6-4-10-11-12/h4,6-7H,3,5H2,1-2H3,(H,9,13). The van der Waals surface area contributed by atoms with Gasteiger partial charge in [0.2, 0.25) is 0 Å². The second-order valence-electron chi connectivity index (χ2n) is 3.05. The summed E-state index contributed by atoms with van der Waals surface area (Å²) in [6.07, 6.45) is 2.82. The van der Waals surface area contributed by atoms with Gasteiger partial charge in [0, 0.05) is 12.7 Å². The highest BCUT2D eigenvalue weighted by Crippen LogP contribution is 1.87. The van der Waals surface area contributed by atoms with E-state index in [0.717, 1.165) is 0 Å². The van der Waals surface area contributed by atoms with Crippen LogP contribution in [-0.4, -0.2) is 33.7 Å². The minimum atomic E-state index is -0.403. The van der Waals surface area contributed by atoms with E-state index >= 15 is 0 Å². The zero-order chi connectivity index (χ0) is 10.4. The van der Waals surface area contributed by atoms with Crippen LogP contribution >= 0.6 is 0 Å². The second-order valence-corrected chi connectivity index (χ2v) is 3.05. The van der Waals surface area contributed by atoms with Crippen LogP contribution in [0.15, 0.2) is 12.4 Å². The Hall–Kier alpha value is -1.59. The Morgan fingerprint density at radius 1 is 1.64 bits per heavy atom. The van der Waals surface area contributed by atoms with Crippen molar-refractivity contribution in [2.24, 2.45) is 0 Å². The quantitative estimate of drug-likeness (QED) is 0.760. The molecule has 0 fully saturated rings. The molecule has 1 heterocycles. The summed E-state index contributed by atoms with van der Waals surface area (Å²) in [6.45, 7) is 4.68. The Labute approximate surface area is 82.2 Å². The Bertz CT molecular complexity index is 271. The average Bonchev–Trinajstić information content (AvgIpc) is 2.55. The van der Waals surface area contributed by atoms with Crippen molar-refractivity contribution in [1.82, 2.24) is 20.3 Å². The molecule has 0 atom stereocenters. The van der Waals surface area contributed by atoms with Crippen molar-refractivity contribution >= 4 is 6.09 Å². The predicted octanol–water partition coefficient (Wildman–Crippen LogP) is 0.413. The fourth-order valence-corrected chi connectivity index (χ4v) is 0.880. The summed E-state index contributed by atoms with van der Waals surface area (Å²) in [6, 6.07) is 0. The van der Waals surface area contributed by atoms with Crippen LogP contribution in [0.3, 0.4) is 0 Å². The molecule has 0 unspecified atom stereocenters. The second kappa shape index (κ2) is 5.21. The van der Waals surface area contributed by atoms with Crippen LogP contribution in [-0.2, 0) is 11.3 Å². The molecular formula is C8H14N4O2. The molecule has 6 heteroatoms. The summed E-state index contributed by atoms with van der Waals surface area (Å²) in [5.41, 5.74) is 0. The highest BCUT2D eigenvalue weighted by molar-refractivity contribution is 5.67. The van der Waals surface area contributed by atoms with Gasteiger partial charge in [-0.15, -0.1) is 5.10 Å². The Morgan fingerprint density at radius 2 is 2.43 bits per heavy atom. The molecule has 78 valence electrons. The van der Waals surface area contributed by atoms with Crippen molar-refractivity contribution in [2.75, 3.05) is 6.54 Å². The summed E-state index contributed by atoms with van der Waals surface area (Å²) in [4.78, 5) is 11.0. The summed E-state index contributed by atoms with van der Waals surface area (Å²) in [7, 11) is 0. The molecule has 0 saturated carbocycles. The number of hydrogen-bond donors (Lipinski definition) is 1. The van der Waals surface area contributed by atoms with Crippen molar-refractivity contribution < 1.29 is 9.53 Å². The lowest BCUT2D eigenvalue weighted by Gasteiger charge is -2.08. The van der Waals surface area contributed by atoms with Crippen LogP contribution in [0.25, 0.3) is 0 Å². The summed E-state index contributed by atoms with van der Waals surface area (Å²) in [5, 5.41) is 9.99. The summed E-state index contributed by atoms with van der Waals surface area (Å²) < 4.78 is 6.51.